The highest BCUT2D eigenvalue weighted by atomic mass is 16.5. The minimum atomic E-state index is -0.154. The van der Waals surface area contributed by atoms with Crippen molar-refractivity contribution in [2.45, 2.75) is 6.42 Å². The summed E-state index contributed by atoms with van der Waals surface area (Å²) >= 11 is 0. The Morgan fingerprint density at radius 1 is 0.756 bits per heavy atom. The van der Waals surface area contributed by atoms with E-state index < -0.39 is 0 Å². The first-order chi connectivity index (χ1) is 20.1. The molecule has 4 aromatic rings. The zero-order chi connectivity index (χ0) is 28.2. The summed E-state index contributed by atoms with van der Waals surface area (Å²) in [5.41, 5.74) is 7.08. The number of methoxy groups -OCH3 is 2. The first-order valence-corrected chi connectivity index (χ1v) is 13.7. The largest absolute Gasteiger partial charge is 0.493 e. The van der Waals surface area contributed by atoms with Gasteiger partial charge in [-0.15, -0.1) is 0 Å². The summed E-state index contributed by atoms with van der Waals surface area (Å²) < 4.78 is 22.3. The fourth-order valence-corrected chi connectivity index (χ4v) is 5.20. The second-order valence-corrected chi connectivity index (χ2v) is 9.98. The highest BCUT2D eigenvalue weighted by Crippen LogP contribution is 2.37. The highest BCUT2D eigenvalue weighted by Gasteiger charge is 2.20. The lowest BCUT2D eigenvalue weighted by Crippen LogP contribution is -2.36. The van der Waals surface area contributed by atoms with Gasteiger partial charge in [-0.3, -0.25) is 4.79 Å². The number of carbonyl (C=O) groups excluding carboxylic acids is 1. The van der Waals surface area contributed by atoms with Gasteiger partial charge in [-0.05, 0) is 77.4 Å². The number of hydrogen-bond acceptors (Lipinski definition) is 7. The molecule has 210 valence electrons. The molecule has 1 saturated heterocycles. The van der Waals surface area contributed by atoms with Gasteiger partial charge in [0.1, 0.15) is 5.75 Å². The van der Waals surface area contributed by atoms with E-state index in [1.165, 1.54) is 5.69 Å². The summed E-state index contributed by atoms with van der Waals surface area (Å²) in [6.07, 6.45) is 0.713. The number of rotatable bonds is 8. The predicted molar refractivity (Wildman–Crippen MR) is 161 cm³/mol. The summed E-state index contributed by atoms with van der Waals surface area (Å²) in [5, 5.41) is 6.52. The van der Waals surface area contributed by atoms with Crippen molar-refractivity contribution >= 4 is 28.7 Å². The summed E-state index contributed by atoms with van der Waals surface area (Å²) in [4.78, 5) is 15.4. The van der Waals surface area contributed by atoms with Crippen molar-refractivity contribution in [2.75, 3.05) is 62.7 Å². The number of anilines is 4. The molecular weight excluding hydrogens is 518 g/mol. The van der Waals surface area contributed by atoms with Gasteiger partial charge in [0.05, 0.1) is 56.7 Å². The molecule has 1 amide bonds. The lowest BCUT2D eigenvalue weighted by Gasteiger charge is -2.28. The monoisotopic (exact) mass is 551 g/mol. The topological polar surface area (TPSA) is 81.3 Å². The number of carbonyl (C=O) groups is 1. The second kappa shape index (κ2) is 11.8. The molecule has 2 aliphatic rings. The molecule has 0 spiro atoms. The molecule has 6 rings (SSSR count). The van der Waals surface area contributed by atoms with Crippen LogP contribution in [0.15, 0.2) is 78.9 Å². The third-order valence-electron chi connectivity index (χ3n) is 7.46. The molecule has 2 N–H and O–H groups in total. The predicted octanol–water partition coefficient (Wildman–Crippen LogP) is 6.14. The Bertz CT molecular complexity index is 1550. The maximum Gasteiger partial charge on any atom is 0.257 e. The van der Waals surface area contributed by atoms with Crippen LogP contribution in [-0.4, -0.2) is 53.0 Å². The fraction of sp³-hybridized carbons (Fsp3) is 0.242. The number of morpholine rings is 1. The number of benzene rings is 4. The van der Waals surface area contributed by atoms with Gasteiger partial charge in [0.25, 0.3) is 5.91 Å². The van der Waals surface area contributed by atoms with E-state index in [4.69, 9.17) is 18.9 Å². The van der Waals surface area contributed by atoms with Crippen LogP contribution in [0.5, 0.6) is 17.2 Å². The first kappa shape index (κ1) is 26.5. The lowest BCUT2D eigenvalue weighted by atomic mass is 10.0. The van der Waals surface area contributed by atoms with Crippen molar-refractivity contribution in [1.29, 1.82) is 0 Å². The molecule has 0 atom stereocenters. The second-order valence-electron chi connectivity index (χ2n) is 9.98. The van der Waals surface area contributed by atoms with Gasteiger partial charge in [-0.2, -0.15) is 0 Å². The van der Waals surface area contributed by atoms with Gasteiger partial charge < -0.3 is 34.5 Å². The third kappa shape index (κ3) is 5.78. The molecule has 41 heavy (non-hydrogen) atoms. The zero-order valence-electron chi connectivity index (χ0n) is 23.2. The number of amides is 1. The molecule has 4 aromatic carbocycles. The van der Waals surface area contributed by atoms with Gasteiger partial charge in [-0.25, -0.2) is 0 Å². The molecule has 0 aromatic heterocycles. The molecule has 2 heterocycles. The van der Waals surface area contributed by atoms with Crippen molar-refractivity contribution < 1.29 is 23.7 Å². The van der Waals surface area contributed by atoms with E-state index in [9.17, 15) is 4.79 Å². The van der Waals surface area contributed by atoms with Crippen molar-refractivity contribution in [3.8, 4) is 28.4 Å². The van der Waals surface area contributed by atoms with Crippen LogP contribution in [0.3, 0.4) is 0 Å². The van der Waals surface area contributed by atoms with Crippen LogP contribution in [0.25, 0.3) is 11.1 Å². The molecular formula is C33H33N3O5. The summed E-state index contributed by atoms with van der Waals surface area (Å²) in [6.45, 7) is 3.89. The molecule has 8 heteroatoms. The van der Waals surface area contributed by atoms with Gasteiger partial charge in [0, 0.05) is 25.2 Å². The Morgan fingerprint density at radius 2 is 1.51 bits per heavy atom. The molecule has 8 nitrogen and oxygen atoms in total. The third-order valence-corrected chi connectivity index (χ3v) is 7.46. The maximum atomic E-state index is 13.1. The molecule has 1 fully saturated rings. The van der Waals surface area contributed by atoms with E-state index in [0.29, 0.717) is 30.1 Å². The smallest absolute Gasteiger partial charge is 0.257 e. The number of nitrogens with one attached hydrogen (secondary N) is 2. The number of nitrogens with zero attached hydrogens (tertiary/aromatic N) is 1. The van der Waals surface area contributed by atoms with E-state index in [-0.39, 0.29) is 5.91 Å². The van der Waals surface area contributed by atoms with Gasteiger partial charge in [0.15, 0.2) is 11.5 Å². The van der Waals surface area contributed by atoms with Crippen LogP contribution in [0.4, 0.5) is 22.7 Å². The molecule has 0 radical (unpaired) electrons. The Kier molecular flexibility index (Phi) is 7.65. The molecule has 0 saturated carbocycles. The standard InChI is InChI=1S/C33H33N3O5/c1-38-31-12-5-24(21-32(31)39-2)23-4-10-27-29(20-23)34-28-11-3-22(19-30(28)35-33(27)37)13-16-41-26-8-6-25(7-9-26)36-14-17-40-18-15-36/h3-12,19-21,34H,13-18H2,1-2H3,(H,35,37). The minimum absolute atomic E-state index is 0.154. The fourth-order valence-electron chi connectivity index (χ4n) is 5.20. The SMILES string of the molecule is COc1ccc(-c2ccc3c(c2)Nc2ccc(CCOc4ccc(N5CCOCC5)cc4)cc2NC3=O)cc1OC. The van der Waals surface area contributed by atoms with Crippen molar-refractivity contribution in [3.05, 3.63) is 90.0 Å². The average Bonchev–Trinajstić information content (AvgIpc) is 3.16. The highest BCUT2D eigenvalue weighted by molar-refractivity contribution is 6.12. The van der Waals surface area contributed by atoms with Crippen molar-refractivity contribution in [3.63, 3.8) is 0 Å². The first-order valence-electron chi connectivity index (χ1n) is 13.7. The lowest BCUT2D eigenvalue weighted by molar-refractivity contribution is 0.102. The summed E-state index contributed by atoms with van der Waals surface area (Å²) in [6, 6.07) is 25.8. The van der Waals surface area contributed by atoms with Crippen molar-refractivity contribution in [1.82, 2.24) is 0 Å². The molecule has 0 aliphatic carbocycles. The van der Waals surface area contributed by atoms with Crippen LogP contribution in [0.2, 0.25) is 0 Å². The minimum Gasteiger partial charge on any atom is -0.493 e. The van der Waals surface area contributed by atoms with Crippen LogP contribution in [0.1, 0.15) is 15.9 Å². The van der Waals surface area contributed by atoms with Crippen LogP contribution < -0.4 is 29.7 Å². The van der Waals surface area contributed by atoms with E-state index in [1.54, 1.807) is 14.2 Å². The maximum absolute atomic E-state index is 13.1. The molecule has 2 aliphatic heterocycles. The van der Waals surface area contributed by atoms with Crippen molar-refractivity contribution in [2.24, 2.45) is 0 Å². The number of ether oxygens (including phenoxy) is 4. The average molecular weight is 552 g/mol. The normalized spacial score (nSPS) is 14.2. The van der Waals surface area contributed by atoms with E-state index in [2.05, 4.69) is 33.7 Å². The summed E-state index contributed by atoms with van der Waals surface area (Å²) in [5.74, 6) is 2.00. The Morgan fingerprint density at radius 3 is 2.29 bits per heavy atom. The van der Waals surface area contributed by atoms with E-state index in [0.717, 1.165) is 65.8 Å². The van der Waals surface area contributed by atoms with Crippen LogP contribution >= 0.6 is 0 Å². The van der Waals surface area contributed by atoms with E-state index >= 15 is 0 Å². The van der Waals surface area contributed by atoms with Crippen LogP contribution in [0, 0.1) is 0 Å². The summed E-state index contributed by atoms with van der Waals surface area (Å²) in [7, 11) is 3.23. The number of hydrogen-bond donors (Lipinski definition) is 2. The quantitative estimate of drug-likeness (QED) is 0.272. The van der Waals surface area contributed by atoms with Crippen LogP contribution in [-0.2, 0) is 11.2 Å². The molecule has 0 unspecified atom stereocenters. The van der Waals surface area contributed by atoms with E-state index in [1.807, 2.05) is 60.7 Å². The Labute approximate surface area is 239 Å². The van der Waals surface area contributed by atoms with Gasteiger partial charge >= 0.3 is 0 Å². The van der Waals surface area contributed by atoms with Gasteiger partial charge in [0.2, 0.25) is 0 Å². The Hall–Kier alpha value is -4.69. The zero-order valence-corrected chi connectivity index (χ0v) is 23.2. The number of fused-ring (bicyclic) bond motifs is 2. The van der Waals surface area contributed by atoms with Gasteiger partial charge in [-0.1, -0.05) is 18.2 Å². The molecule has 0 bridgehead atoms. The Balaban J connectivity index is 1.13.